The molecule has 2 aromatic carbocycles. The third kappa shape index (κ3) is 5.33. The van der Waals surface area contributed by atoms with E-state index in [1.165, 1.54) is 17.0 Å². The number of hydrogen-bond acceptors (Lipinski definition) is 6. The summed E-state index contributed by atoms with van der Waals surface area (Å²) in [5.41, 5.74) is 0.804. The normalized spacial score (nSPS) is 16.6. The summed E-state index contributed by atoms with van der Waals surface area (Å²) in [4.78, 5) is 14.3. The molecule has 30 heavy (non-hydrogen) atoms. The number of rotatable bonds is 4. The zero-order chi connectivity index (χ0) is 22.1. The van der Waals surface area contributed by atoms with Gasteiger partial charge in [-0.25, -0.2) is 4.79 Å². The van der Waals surface area contributed by atoms with Gasteiger partial charge in [0.05, 0.1) is 21.6 Å². The standard InChI is InChI=1S/C21H24BrNO6S/c1-14-8-10-16(11-9-14)30(25,26)27-13-15-12-23(20(24)29-21(2,3)4)18-7-5-6-17(22)19(18)28-15/h5-11,15H,12-13H2,1-4H3/t15-/m1/s1. The first-order valence-corrected chi connectivity index (χ1v) is 11.6. The molecule has 0 fully saturated rings. The summed E-state index contributed by atoms with van der Waals surface area (Å²) in [6.07, 6.45) is -1.25. The molecule has 1 aliphatic rings. The summed E-state index contributed by atoms with van der Waals surface area (Å²) in [6, 6.07) is 11.7. The van der Waals surface area contributed by atoms with E-state index in [4.69, 9.17) is 13.7 Å². The Morgan fingerprint density at radius 1 is 1.20 bits per heavy atom. The minimum Gasteiger partial charge on any atom is -0.483 e. The van der Waals surface area contributed by atoms with Gasteiger partial charge in [0.1, 0.15) is 18.3 Å². The van der Waals surface area contributed by atoms with Crippen LogP contribution in [0.3, 0.4) is 0 Å². The van der Waals surface area contributed by atoms with Gasteiger partial charge in [0.15, 0.2) is 5.75 Å². The number of anilines is 1. The topological polar surface area (TPSA) is 82.1 Å². The zero-order valence-corrected chi connectivity index (χ0v) is 19.6. The number of fused-ring (bicyclic) bond motifs is 1. The minimum absolute atomic E-state index is 0.0643. The number of benzene rings is 2. The van der Waals surface area contributed by atoms with Gasteiger partial charge < -0.3 is 9.47 Å². The monoisotopic (exact) mass is 497 g/mol. The molecule has 0 saturated heterocycles. The first kappa shape index (κ1) is 22.6. The lowest BCUT2D eigenvalue weighted by Crippen LogP contribution is -2.47. The molecule has 1 aliphatic heterocycles. The van der Waals surface area contributed by atoms with Gasteiger partial charge in [-0.2, -0.15) is 8.42 Å². The highest BCUT2D eigenvalue weighted by Gasteiger charge is 2.34. The second kappa shape index (κ2) is 8.56. The second-order valence-electron chi connectivity index (χ2n) is 7.97. The van der Waals surface area contributed by atoms with Crippen molar-refractivity contribution in [2.45, 2.75) is 44.3 Å². The van der Waals surface area contributed by atoms with Crippen molar-refractivity contribution in [1.82, 2.24) is 0 Å². The van der Waals surface area contributed by atoms with Crippen LogP contribution in [0, 0.1) is 6.92 Å². The fraction of sp³-hybridized carbons (Fsp3) is 0.381. The van der Waals surface area contributed by atoms with Crippen molar-refractivity contribution >= 4 is 37.8 Å². The lowest BCUT2D eigenvalue weighted by Gasteiger charge is -2.36. The Balaban J connectivity index is 1.80. The molecule has 2 aromatic rings. The number of carbonyl (C=O) groups is 1. The maximum Gasteiger partial charge on any atom is 0.415 e. The quantitative estimate of drug-likeness (QED) is 0.571. The number of para-hydroxylation sites is 1. The Labute approximate surface area is 185 Å². The van der Waals surface area contributed by atoms with Crippen LogP contribution < -0.4 is 9.64 Å². The second-order valence-corrected chi connectivity index (χ2v) is 10.4. The lowest BCUT2D eigenvalue weighted by molar-refractivity contribution is 0.0528. The van der Waals surface area contributed by atoms with E-state index in [0.717, 1.165) is 5.56 Å². The van der Waals surface area contributed by atoms with E-state index >= 15 is 0 Å². The number of nitrogens with zero attached hydrogens (tertiary/aromatic N) is 1. The molecule has 3 rings (SSSR count). The number of amides is 1. The van der Waals surface area contributed by atoms with Crippen molar-refractivity contribution in [3.63, 3.8) is 0 Å². The smallest absolute Gasteiger partial charge is 0.415 e. The van der Waals surface area contributed by atoms with Crippen molar-refractivity contribution in [2.24, 2.45) is 0 Å². The molecular weight excluding hydrogens is 474 g/mol. The Bertz CT molecular complexity index is 1030. The van der Waals surface area contributed by atoms with Crippen LogP contribution in [0.15, 0.2) is 51.8 Å². The summed E-state index contributed by atoms with van der Waals surface area (Å²) in [5, 5.41) is 0. The minimum atomic E-state index is -3.96. The maximum atomic E-state index is 12.8. The van der Waals surface area contributed by atoms with Gasteiger partial charge >= 0.3 is 6.09 Å². The first-order valence-electron chi connectivity index (χ1n) is 9.38. The third-order valence-corrected chi connectivity index (χ3v) is 6.16. The van der Waals surface area contributed by atoms with Gasteiger partial charge in [-0.1, -0.05) is 23.8 Å². The molecule has 1 heterocycles. The number of carbonyl (C=O) groups excluding carboxylic acids is 1. The molecule has 0 radical (unpaired) electrons. The van der Waals surface area contributed by atoms with Crippen LogP contribution in [0.25, 0.3) is 0 Å². The highest BCUT2D eigenvalue weighted by atomic mass is 79.9. The molecule has 162 valence electrons. The summed E-state index contributed by atoms with van der Waals surface area (Å²) in [7, 11) is -3.96. The number of aryl methyl sites for hydroxylation is 1. The van der Waals surface area contributed by atoms with Crippen molar-refractivity contribution in [1.29, 1.82) is 0 Å². The summed E-state index contributed by atoms with van der Waals surface area (Å²) >= 11 is 3.42. The number of ether oxygens (including phenoxy) is 2. The Hall–Kier alpha value is -2.10. The Morgan fingerprint density at radius 3 is 2.50 bits per heavy atom. The molecule has 0 aromatic heterocycles. The van der Waals surface area contributed by atoms with Crippen molar-refractivity contribution in [2.75, 3.05) is 18.1 Å². The lowest BCUT2D eigenvalue weighted by atomic mass is 10.2. The molecule has 7 nitrogen and oxygen atoms in total. The highest BCUT2D eigenvalue weighted by molar-refractivity contribution is 9.10. The van der Waals surface area contributed by atoms with Gasteiger partial charge in [-0.15, -0.1) is 0 Å². The van der Waals surface area contributed by atoms with Gasteiger partial charge in [0.25, 0.3) is 10.1 Å². The fourth-order valence-electron chi connectivity index (χ4n) is 2.85. The van der Waals surface area contributed by atoms with E-state index in [9.17, 15) is 13.2 Å². The molecular formula is C21H24BrNO6S. The predicted molar refractivity (Wildman–Crippen MR) is 116 cm³/mol. The van der Waals surface area contributed by atoms with Crippen LogP contribution in [0.2, 0.25) is 0 Å². The molecule has 0 saturated carbocycles. The van der Waals surface area contributed by atoms with E-state index in [1.54, 1.807) is 51.1 Å². The number of hydrogen-bond donors (Lipinski definition) is 0. The maximum absolute atomic E-state index is 12.8. The molecule has 0 spiro atoms. The average Bonchev–Trinajstić information content (AvgIpc) is 2.65. The van der Waals surface area contributed by atoms with Crippen LogP contribution in [0.4, 0.5) is 10.5 Å². The summed E-state index contributed by atoms with van der Waals surface area (Å²) in [6.45, 7) is 7.04. The van der Waals surface area contributed by atoms with E-state index in [1.807, 2.05) is 6.92 Å². The average molecular weight is 498 g/mol. The van der Waals surface area contributed by atoms with Gasteiger partial charge in [0, 0.05) is 0 Å². The summed E-state index contributed by atoms with van der Waals surface area (Å²) in [5.74, 6) is 0.427. The predicted octanol–water partition coefficient (Wildman–Crippen LogP) is 4.67. The molecule has 1 atom stereocenters. The van der Waals surface area contributed by atoms with Crippen molar-refractivity contribution in [3.05, 3.63) is 52.5 Å². The Kier molecular flexibility index (Phi) is 6.45. The van der Waals surface area contributed by atoms with Crippen molar-refractivity contribution in [3.8, 4) is 5.75 Å². The zero-order valence-electron chi connectivity index (χ0n) is 17.2. The Morgan fingerprint density at radius 2 is 1.87 bits per heavy atom. The van der Waals surface area contributed by atoms with E-state index < -0.39 is 27.9 Å². The third-order valence-electron chi connectivity index (χ3n) is 4.24. The molecule has 0 N–H and O–H groups in total. The van der Waals surface area contributed by atoms with Crippen LogP contribution in [0.1, 0.15) is 26.3 Å². The molecule has 9 heteroatoms. The summed E-state index contributed by atoms with van der Waals surface area (Å²) < 4.78 is 42.3. The molecule has 0 unspecified atom stereocenters. The first-order chi connectivity index (χ1) is 14.0. The van der Waals surface area contributed by atoms with Crippen LogP contribution >= 0.6 is 15.9 Å². The molecule has 0 aliphatic carbocycles. The highest BCUT2D eigenvalue weighted by Crippen LogP contribution is 2.40. The molecule has 1 amide bonds. The van der Waals surface area contributed by atoms with Gasteiger partial charge in [-0.3, -0.25) is 9.08 Å². The molecule has 0 bridgehead atoms. The van der Waals surface area contributed by atoms with Crippen LogP contribution in [-0.4, -0.2) is 39.4 Å². The fourth-order valence-corrected chi connectivity index (χ4v) is 4.23. The van der Waals surface area contributed by atoms with Crippen molar-refractivity contribution < 1.29 is 26.9 Å². The van der Waals surface area contributed by atoms with E-state index in [2.05, 4.69) is 15.9 Å². The SMILES string of the molecule is Cc1ccc(S(=O)(=O)OC[C@H]2CN(C(=O)OC(C)(C)C)c3cccc(Br)c3O2)cc1. The van der Waals surface area contributed by atoms with Crippen LogP contribution in [0.5, 0.6) is 5.75 Å². The van der Waals surface area contributed by atoms with Gasteiger partial charge in [-0.05, 0) is 67.9 Å². The van der Waals surface area contributed by atoms with Crippen LogP contribution in [-0.2, 0) is 19.0 Å². The van der Waals surface area contributed by atoms with E-state index in [-0.39, 0.29) is 18.0 Å². The largest absolute Gasteiger partial charge is 0.483 e. The number of halogens is 1. The van der Waals surface area contributed by atoms with E-state index in [0.29, 0.717) is 15.9 Å². The van der Waals surface area contributed by atoms with Gasteiger partial charge in [0.2, 0.25) is 0 Å².